The molecule has 1 fully saturated rings. The van der Waals surface area contributed by atoms with Gasteiger partial charge in [0.1, 0.15) is 6.04 Å². The molecule has 2 N–H and O–H groups in total. The van der Waals surface area contributed by atoms with Gasteiger partial charge in [-0.25, -0.2) is 0 Å². The Morgan fingerprint density at radius 1 is 1.30 bits per heavy atom. The van der Waals surface area contributed by atoms with Gasteiger partial charge in [0.2, 0.25) is 5.91 Å². The van der Waals surface area contributed by atoms with Crippen LogP contribution in [0.15, 0.2) is 47.8 Å². The molecule has 0 radical (unpaired) electrons. The molecule has 0 aliphatic carbocycles. The zero-order valence-corrected chi connectivity index (χ0v) is 13.9. The summed E-state index contributed by atoms with van der Waals surface area (Å²) in [6.07, 6.45) is 2.20. The van der Waals surface area contributed by atoms with Gasteiger partial charge in [-0.05, 0) is 29.9 Å². The van der Waals surface area contributed by atoms with E-state index in [1.807, 2.05) is 46.7 Å². The summed E-state index contributed by atoms with van der Waals surface area (Å²) in [5.41, 5.74) is 7.06. The summed E-state index contributed by atoms with van der Waals surface area (Å²) >= 11 is 1.66. The largest absolute Gasteiger partial charge is 0.376 e. The number of ether oxygens (including phenoxy) is 1. The average molecular weight is 330 g/mol. The van der Waals surface area contributed by atoms with Crippen LogP contribution in [0.4, 0.5) is 0 Å². The third-order valence-corrected chi connectivity index (χ3v) is 4.97. The average Bonchev–Trinajstić information content (AvgIpc) is 3.27. The first-order chi connectivity index (χ1) is 11.2. The molecule has 0 bridgehead atoms. The van der Waals surface area contributed by atoms with E-state index in [4.69, 9.17) is 10.5 Å². The molecule has 0 saturated carbocycles. The highest BCUT2D eigenvalue weighted by molar-refractivity contribution is 7.09. The lowest BCUT2D eigenvalue weighted by Gasteiger charge is -2.27. The van der Waals surface area contributed by atoms with Gasteiger partial charge in [-0.2, -0.15) is 0 Å². The minimum atomic E-state index is -0.627. The highest BCUT2D eigenvalue weighted by atomic mass is 32.1. The van der Waals surface area contributed by atoms with Crippen molar-refractivity contribution in [2.24, 2.45) is 5.73 Å². The number of rotatable bonds is 6. The number of nitrogens with zero attached hydrogens (tertiary/aromatic N) is 1. The molecule has 2 aromatic rings. The van der Waals surface area contributed by atoms with E-state index in [0.717, 1.165) is 29.9 Å². The van der Waals surface area contributed by atoms with Gasteiger partial charge in [0, 0.05) is 18.0 Å². The Morgan fingerprint density at radius 3 is 2.78 bits per heavy atom. The first-order valence-corrected chi connectivity index (χ1v) is 8.85. The number of amides is 1. The molecule has 1 amide bonds. The molecule has 5 heteroatoms. The smallest absolute Gasteiger partial charge is 0.244 e. The van der Waals surface area contributed by atoms with Gasteiger partial charge in [0.05, 0.1) is 12.6 Å². The molecule has 3 rings (SSSR count). The summed E-state index contributed by atoms with van der Waals surface area (Å²) in [6.45, 7) is 1.99. The SMILES string of the molecule is N[C@@H](C(=O)N(Cc1cccs1)C[C@@H]1CCCO1)c1ccccc1. The maximum Gasteiger partial charge on any atom is 0.244 e. The Morgan fingerprint density at radius 2 is 2.13 bits per heavy atom. The molecule has 1 aromatic carbocycles. The molecule has 2 heterocycles. The molecule has 4 nitrogen and oxygen atoms in total. The second kappa shape index (κ2) is 7.73. The number of thiophene rings is 1. The van der Waals surface area contributed by atoms with E-state index in [9.17, 15) is 4.79 Å². The van der Waals surface area contributed by atoms with Gasteiger partial charge >= 0.3 is 0 Å². The second-order valence-electron chi connectivity index (χ2n) is 5.82. The first-order valence-electron chi connectivity index (χ1n) is 7.97. The van der Waals surface area contributed by atoms with Crippen LogP contribution in [-0.2, 0) is 16.1 Å². The van der Waals surface area contributed by atoms with Crippen LogP contribution >= 0.6 is 11.3 Å². The topological polar surface area (TPSA) is 55.6 Å². The number of hydrogen-bond acceptors (Lipinski definition) is 4. The zero-order chi connectivity index (χ0) is 16.1. The fourth-order valence-corrected chi connectivity index (χ4v) is 3.58. The molecule has 2 atom stereocenters. The maximum absolute atomic E-state index is 12.9. The predicted molar refractivity (Wildman–Crippen MR) is 92.1 cm³/mol. The Labute approximate surface area is 140 Å². The minimum absolute atomic E-state index is 0.0416. The van der Waals surface area contributed by atoms with E-state index >= 15 is 0 Å². The summed E-state index contributed by atoms with van der Waals surface area (Å²) < 4.78 is 5.71. The Kier molecular flexibility index (Phi) is 5.43. The van der Waals surface area contributed by atoms with Crippen molar-refractivity contribution < 1.29 is 9.53 Å². The summed E-state index contributed by atoms with van der Waals surface area (Å²) in [5.74, 6) is -0.0416. The van der Waals surface area contributed by atoms with Crippen molar-refractivity contribution in [3.05, 3.63) is 58.3 Å². The van der Waals surface area contributed by atoms with Crippen LogP contribution in [0, 0.1) is 0 Å². The number of carbonyl (C=O) groups is 1. The predicted octanol–water partition coefficient (Wildman–Crippen LogP) is 2.96. The van der Waals surface area contributed by atoms with Crippen LogP contribution < -0.4 is 5.73 Å². The van der Waals surface area contributed by atoms with Crippen LogP contribution in [0.5, 0.6) is 0 Å². The summed E-state index contributed by atoms with van der Waals surface area (Å²) in [7, 11) is 0. The van der Waals surface area contributed by atoms with E-state index in [1.165, 1.54) is 0 Å². The van der Waals surface area contributed by atoms with Gasteiger partial charge in [-0.1, -0.05) is 36.4 Å². The molecular weight excluding hydrogens is 308 g/mol. The Bertz CT molecular complexity index is 609. The molecule has 1 aliphatic heterocycles. The van der Waals surface area contributed by atoms with Crippen LogP contribution in [-0.4, -0.2) is 30.1 Å². The second-order valence-corrected chi connectivity index (χ2v) is 6.85. The maximum atomic E-state index is 12.9. The van der Waals surface area contributed by atoms with Gasteiger partial charge < -0.3 is 15.4 Å². The number of carbonyl (C=O) groups excluding carboxylic acids is 1. The van der Waals surface area contributed by atoms with E-state index in [1.54, 1.807) is 11.3 Å². The first kappa shape index (κ1) is 16.2. The molecule has 23 heavy (non-hydrogen) atoms. The van der Waals surface area contributed by atoms with Gasteiger partial charge in [-0.3, -0.25) is 4.79 Å². The van der Waals surface area contributed by atoms with Crippen molar-refractivity contribution in [1.29, 1.82) is 0 Å². The lowest BCUT2D eigenvalue weighted by Crippen LogP contribution is -2.42. The van der Waals surface area contributed by atoms with Crippen molar-refractivity contribution in [2.75, 3.05) is 13.2 Å². The number of nitrogens with two attached hydrogens (primary N) is 1. The van der Waals surface area contributed by atoms with E-state index in [-0.39, 0.29) is 12.0 Å². The van der Waals surface area contributed by atoms with Crippen molar-refractivity contribution in [3.8, 4) is 0 Å². The van der Waals surface area contributed by atoms with E-state index < -0.39 is 6.04 Å². The molecule has 1 aromatic heterocycles. The normalized spacial score (nSPS) is 18.7. The van der Waals surface area contributed by atoms with Crippen molar-refractivity contribution in [1.82, 2.24) is 4.90 Å². The molecule has 1 aliphatic rings. The summed E-state index contributed by atoms with van der Waals surface area (Å²) in [4.78, 5) is 15.9. The van der Waals surface area contributed by atoms with Crippen LogP contribution in [0.1, 0.15) is 29.3 Å². The third-order valence-electron chi connectivity index (χ3n) is 4.11. The monoisotopic (exact) mass is 330 g/mol. The van der Waals surface area contributed by atoms with Crippen molar-refractivity contribution in [3.63, 3.8) is 0 Å². The quantitative estimate of drug-likeness (QED) is 0.886. The van der Waals surface area contributed by atoms with Crippen LogP contribution in [0.3, 0.4) is 0 Å². The third kappa shape index (κ3) is 4.19. The van der Waals surface area contributed by atoms with E-state index in [0.29, 0.717) is 13.1 Å². The summed E-state index contributed by atoms with van der Waals surface area (Å²) in [5, 5.41) is 2.03. The molecule has 0 spiro atoms. The van der Waals surface area contributed by atoms with Crippen molar-refractivity contribution >= 4 is 17.2 Å². The van der Waals surface area contributed by atoms with Gasteiger partial charge in [0.25, 0.3) is 0 Å². The number of benzene rings is 1. The lowest BCUT2D eigenvalue weighted by molar-refractivity contribution is -0.135. The minimum Gasteiger partial charge on any atom is -0.376 e. The molecule has 0 unspecified atom stereocenters. The number of hydrogen-bond donors (Lipinski definition) is 1. The van der Waals surface area contributed by atoms with Crippen LogP contribution in [0.2, 0.25) is 0 Å². The van der Waals surface area contributed by atoms with Crippen molar-refractivity contribution in [2.45, 2.75) is 31.5 Å². The fraction of sp³-hybridized carbons (Fsp3) is 0.389. The molecule has 1 saturated heterocycles. The lowest BCUT2D eigenvalue weighted by atomic mass is 10.1. The molecule has 122 valence electrons. The highest BCUT2D eigenvalue weighted by Gasteiger charge is 2.27. The highest BCUT2D eigenvalue weighted by Crippen LogP contribution is 2.20. The van der Waals surface area contributed by atoms with E-state index in [2.05, 4.69) is 6.07 Å². The zero-order valence-electron chi connectivity index (χ0n) is 13.1. The van der Waals surface area contributed by atoms with Crippen LogP contribution in [0.25, 0.3) is 0 Å². The Balaban J connectivity index is 1.74. The van der Waals surface area contributed by atoms with Gasteiger partial charge in [0.15, 0.2) is 0 Å². The molecular formula is C18H22N2O2S. The fourth-order valence-electron chi connectivity index (χ4n) is 2.86. The summed E-state index contributed by atoms with van der Waals surface area (Å²) in [6, 6.07) is 13.0. The Hall–Kier alpha value is -1.69. The van der Waals surface area contributed by atoms with Gasteiger partial charge in [-0.15, -0.1) is 11.3 Å². The standard InChI is InChI=1S/C18H22N2O2S/c19-17(14-6-2-1-3-7-14)18(21)20(12-15-8-4-10-22-15)13-16-9-5-11-23-16/h1-3,5-7,9,11,15,17H,4,8,10,12-13,19H2/t15-,17+/m0/s1.